The molecule has 1 aromatic carbocycles. The minimum absolute atomic E-state index is 0.344. The van der Waals surface area contributed by atoms with Crippen LogP contribution in [0.4, 0.5) is 8.78 Å². The van der Waals surface area contributed by atoms with Crippen LogP contribution in [-0.2, 0) is 11.2 Å². The molecule has 4 heteroatoms. The first-order valence-electron chi connectivity index (χ1n) is 7.37. The van der Waals surface area contributed by atoms with Crippen molar-refractivity contribution in [3.63, 3.8) is 0 Å². The molecule has 0 fully saturated rings. The maximum atomic E-state index is 12.0. The van der Waals surface area contributed by atoms with Crippen molar-refractivity contribution in [1.82, 2.24) is 5.32 Å². The highest BCUT2D eigenvalue weighted by molar-refractivity contribution is 5.39. The second-order valence-electron chi connectivity index (χ2n) is 5.34. The van der Waals surface area contributed by atoms with E-state index in [9.17, 15) is 8.78 Å². The fraction of sp³-hybridized carbons (Fsp3) is 0.625. The lowest BCUT2D eigenvalue weighted by molar-refractivity contribution is 0.0140. The summed E-state index contributed by atoms with van der Waals surface area (Å²) in [6.07, 6.45) is 0.615. The van der Waals surface area contributed by atoms with Crippen LogP contribution in [0.25, 0.3) is 0 Å². The number of benzene rings is 1. The van der Waals surface area contributed by atoms with E-state index in [2.05, 4.69) is 36.5 Å². The van der Waals surface area contributed by atoms with Gasteiger partial charge in [0.05, 0.1) is 0 Å². The van der Waals surface area contributed by atoms with Gasteiger partial charge in [0.25, 0.3) is 6.43 Å². The number of fused-ring (bicyclic) bond motifs is 1. The quantitative estimate of drug-likeness (QED) is 0.702. The highest BCUT2D eigenvalue weighted by atomic mass is 19.3. The molecule has 112 valence electrons. The van der Waals surface area contributed by atoms with Gasteiger partial charge in [0.2, 0.25) is 0 Å². The van der Waals surface area contributed by atoms with Crippen molar-refractivity contribution in [2.45, 2.75) is 44.6 Å². The third-order valence-electron chi connectivity index (χ3n) is 3.88. The Morgan fingerprint density at radius 1 is 1.35 bits per heavy atom. The summed E-state index contributed by atoms with van der Waals surface area (Å²) < 4.78 is 29.0. The topological polar surface area (TPSA) is 21.3 Å². The second-order valence-corrected chi connectivity index (χ2v) is 5.34. The maximum Gasteiger partial charge on any atom is 0.261 e. The molecule has 1 aliphatic carbocycles. The monoisotopic (exact) mass is 283 g/mol. The maximum absolute atomic E-state index is 12.0. The van der Waals surface area contributed by atoms with Crippen molar-refractivity contribution in [1.29, 1.82) is 0 Å². The molecule has 1 N–H and O–H groups in total. The van der Waals surface area contributed by atoms with E-state index in [1.165, 1.54) is 11.1 Å². The highest BCUT2D eigenvalue weighted by Crippen LogP contribution is 2.38. The molecule has 0 aromatic heterocycles. The van der Waals surface area contributed by atoms with Gasteiger partial charge < -0.3 is 10.1 Å². The first-order valence-corrected chi connectivity index (χ1v) is 7.37. The van der Waals surface area contributed by atoms with Crippen molar-refractivity contribution in [3.8, 4) is 0 Å². The molecule has 0 saturated heterocycles. The minimum Gasteiger partial charge on any atom is -0.375 e. The van der Waals surface area contributed by atoms with Crippen molar-refractivity contribution in [2.75, 3.05) is 19.8 Å². The van der Waals surface area contributed by atoms with Gasteiger partial charge in [-0.15, -0.1) is 0 Å². The third-order valence-corrected chi connectivity index (χ3v) is 3.88. The molecule has 0 spiro atoms. The zero-order valence-corrected chi connectivity index (χ0v) is 11.9. The number of rotatable bonds is 9. The first kappa shape index (κ1) is 15.4. The van der Waals surface area contributed by atoms with Crippen LogP contribution in [0.2, 0.25) is 0 Å². The standard InChI is InChI=1S/C16H23F2NO/c1-2-19-14(7-8-20-11-16(17)18)10-13-9-12-5-3-4-6-15(12)13/h3-6,13-14,16,19H,2,7-11H2,1H3. The lowest BCUT2D eigenvalue weighted by Crippen LogP contribution is -2.34. The van der Waals surface area contributed by atoms with Gasteiger partial charge in [-0.3, -0.25) is 0 Å². The molecule has 2 atom stereocenters. The number of ether oxygens (including phenoxy) is 1. The highest BCUT2D eigenvalue weighted by Gasteiger charge is 2.27. The van der Waals surface area contributed by atoms with E-state index in [4.69, 9.17) is 4.74 Å². The van der Waals surface area contributed by atoms with E-state index >= 15 is 0 Å². The van der Waals surface area contributed by atoms with E-state index in [0.29, 0.717) is 18.6 Å². The molecule has 2 rings (SSSR count). The van der Waals surface area contributed by atoms with Gasteiger partial charge >= 0.3 is 0 Å². The molecule has 0 aliphatic heterocycles. The van der Waals surface area contributed by atoms with E-state index in [1.54, 1.807) is 0 Å². The third kappa shape index (κ3) is 4.25. The Labute approximate surface area is 119 Å². The molecule has 0 heterocycles. The summed E-state index contributed by atoms with van der Waals surface area (Å²) in [4.78, 5) is 0. The summed E-state index contributed by atoms with van der Waals surface area (Å²) in [5.41, 5.74) is 2.89. The smallest absolute Gasteiger partial charge is 0.261 e. The Kier molecular flexibility index (Phi) is 5.92. The average Bonchev–Trinajstić information content (AvgIpc) is 2.40. The largest absolute Gasteiger partial charge is 0.375 e. The summed E-state index contributed by atoms with van der Waals surface area (Å²) in [5.74, 6) is 0.602. The lowest BCUT2D eigenvalue weighted by Gasteiger charge is -2.33. The van der Waals surface area contributed by atoms with Gasteiger partial charge in [0.15, 0.2) is 0 Å². The van der Waals surface area contributed by atoms with Gasteiger partial charge in [-0.05, 0) is 42.9 Å². The Morgan fingerprint density at radius 3 is 2.85 bits per heavy atom. The number of hydrogen-bond donors (Lipinski definition) is 1. The summed E-state index contributed by atoms with van der Waals surface area (Å²) in [7, 11) is 0. The van der Waals surface area contributed by atoms with Gasteiger partial charge in [-0.1, -0.05) is 31.2 Å². The Morgan fingerprint density at radius 2 is 2.15 bits per heavy atom. The molecule has 0 bridgehead atoms. The van der Waals surface area contributed by atoms with Crippen molar-refractivity contribution in [3.05, 3.63) is 35.4 Å². The summed E-state index contributed by atoms with van der Waals surface area (Å²) in [6.45, 7) is 2.91. The molecule has 1 aliphatic rings. The predicted molar refractivity (Wildman–Crippen MR) is 76.4 cm³/mol. The van der Waals surface area contributed by atoms with Crippen LogP contribution in [0, 0.1) is 0 Å². The van der Waals surface area contributed by atoms with Crippen LogP contribution < -0.4 is 5.32 Å². The summed E-state index contributed by atoms with van der Waals surface area (Å²) in [6, 6.07) is 8.88. The lowest BCUT2D eigenvalue weighted by atomic mass is 9.74. The Hall–Kier alpha value is -1.00. The van der Waals surface area contributed by atoms with E-state index in [-0.39, 0.29) is 0 Å². The van der Waals surface area contributed by atoms with Crippen molar-refractivity contribution in [2.24, 2.45) is 0 Å². The Balaban J connectivity index is 1.76. The summed E-state index contributed by atoms with van der Waals surface area (Å²) in [5, 5.41) is 3.43. The molecule has 2 unspecified atom stereocenters. The Bertz CT molecular complexity index is 411. The van der Waals surface area contributed by atoms with Crippen LogP contribution in [0.3, 0.4) is 0 Å². The number of alkyl halides is 2. The zero-order chi connectivity index (χ0) is 14.4. The normalized spacial score (nSPS) is 18.7. The molecule has 2 nitrogen and oxygen atoms in total. The fourth-order valence-electron chi connectivity index (χ4n) is 2.91. The fourth-order valence-corrected chi connectivity index (χ4v) is 2.91. The van der Waals surface area contributed by atoms with Gasteiger partial charge in [0.1, 0.15) is 6.61 Å². The first-order chi connectivity index (χ1) is 9.70. The number of halogens is 2. The molecule has 0 amide bonds. The van der Waals surface area contributed by atoms with E-state index in [1.807, 2.05) is 0 Å². The molecular weight excluding hydrogens is 260 g/mol. The van der Waals surface area contributed by atoms with Crippen LogP contribution >= 0.6 is 0 Å². The second kappa shape index (κ2) is 7.70. The van der Waals surface area contributed by atoms with Crippen LogP contribution in [0.1, 0.15) is 36.8 Å². The van der Waals surface area contributed by atoms with Crippen LogP contribution in [0.5, 0.6) is 0 Å². The summed E-state index contributed by atoms with van der Waals surface area (Å²) >= 11 is 0. The number of hydrogen-bond acceptors (Lipinski definition) is 2. The van der Waals surface area contributed by atoms with Crippen molar-refractivity contribution < 1.29 is 13.5 Å². The van der Waals surface area contributed by atoms with Crippen LogP contribution in [-0.4, -0.2) is 32.2 Å². The predicted octanol–water partition coefficient (Wildman–Crippen LogP) is 3.37. The molecular formula is C16H23F2NO. The van der Waals surface area contributed by atoms with Gasteiger partial charge in [-0.25, -0.2) is 8.78 Å². The molecule has 0 saturated carbocycles. The van der Waals surface area contributed by atoms with Crippen molar-refractivity contribution >= 4 is 0 Å². The van der Waals surface area contributed by atoms with Crippen LogP contribution in [0.15, 0.2) is 24.3 Å². The molecule has 20 heavy (non-hydrogen) atoms. The molecule has 1 aromatic rings. The van der Waals surface area contributed by atoms with E-state index < -0.39 is 13.0 Å². The van der Waals surface area contributed by atoms with E-state index in [0.717, 1.165) is 25.8 Å². The SMILES string of the molecule is CCNC(CCOCC(F)F)CC1Cc2ccccc21. The molecule has 0 radical (unpaired) electrons. The van der Waals surface area contributed by atoms with Gasteiger partial charge in [0, 0.05) is 12.6 Å². The van der Waals surface area contributed by atoms with Gasteiger partial charge in [-0.2, -0.15) is 0 Å². The number of nitrogens with one attached hydrogen (secondary N) is 1. The minimum atomic E-state index is -2.37. The average molecular weight is 283 g/mol. The zero-order valence-electron chi connectivity index (χ0n) is 11.9.